The van der Waals surface area contributed by atoms with Gasteiger partial charge in [0.15, 0.2) is 5.15 Å². The lowest BCUT2D eigenvalue weighted by atomic mass is 10.2. The van der Waals surface area contributed by atoms with Crippen LogP contribution in [0.2, 0.25) is 5.15 Å². The fourth-order valence-corrected chi connectivity index (χ4v) is 1.94. The number of hydrogen-bond acceptors (Lipinski definition) is 4. The molecular weight excluding hydrogens is 282 g/mol. The number of ether oxygens (including phenoxy) is 1. The maximum Gasteiger partial charge on any atom is 0.298 e. The molecule has 1 heterocycles. The highest BCUT2D eigenvalue weighted by Gasteiger charge is 2.19. The summed E-state index contributed by atoms with van der Waals surface area (Å²) in [6.07, 6.45) is 4.32. The largest absolute Gasteiger partial charge is 0.489 e. The minimum absolute atomic E-state index is 0.00990. The summed E-state index contributed by atoms with van der Waals surface area (Å²) in [6.45, 7) is 4.32. The fourth-order valence-electron chi connectivity index (χ4n) is 1.74. The van der Waals surface area contributed by atoms with Gasteiger partial charge in [-0.2, -0.15) is 0 Å². The van der Waals surface area contributed by atoms with Crippen LogP contribution in [0, 0.1) is 0 Å². The van der Waals surface area contributed by atoms with Crippen molar-refractivity contribution in [2.75, 3.05) is 13.7 Å². The Balaban J connectivity index is 2.79. The Kier molecular flexibility index (Phi) is 6.51. The average molecular weight is 302 g/mol. The van der Waals surface area contributed by atoms with Gasteiger partial charge in [0.05, 0.1) is 7.11 Å². The van der Waals surface area contributed by atoms with Crippen LogP contribution in [0.3, 0.4) is 0 Å². The summed E-state index contributed by atoms with van der Waals surface area (Å²) in [4.78, 5) is 27.9. The standard InChI is InChI=1S/C13H20ClN3O3/c1-4-5-6-7-15-12(18)9(2)17-8-16-11(14)10(20-3)13(17)19/h8-9H,4-7H2,1-3H3,(H,15,18). The van der Waals surface area contributed by atoms with Gasteiger partial charge in [-0.1, -0.05) is 31.4 Å². The van der Waals surface area contributed by atoms with E-state index in [9.17, 15) is 9.59 Å². The molecule has 1 N–H and O–H groups in total. The lowest BCUT2D eigenvalue weighted by Gasteiger charge is -2.15. The van der Waals surface area contributed by atoms with Gasteiger partial charge in [-0.15, -0.1) is 0 Å². The minimum Gasteiger partial charge on any atom is -0.489 e. The van der Waals surface area contributed by atoms with E-state index in [0.717, 1.165) is 19.3 Å². The van der Waals surface area contributed by atoms with Crippen molar-refractivity contribution in [1.82, 2.24) is 14.9 Å². The van der Waals surface area contributed by atoms with Crippen LogP contribution in [0.5, 0.6) is 5.75 Å². The second-order valence-corrected chi connectivity index (χ2v) is 4.81. The number of halogens is 1. The van der Waals surface area contributed by atoms with Gasteiger partial charge in [0.25, 0.3) is 5.56 Å². The van der Waals surface area contributed by atoms with Crippen molar-refractivity contribution in [3.8, 4) is 5.75 Å². The molecule has 1 rings (SSSR count). The van der Waals surface area contributed by atoms with Crippen molar-refractivity contribution in [3.63, 3.8) is 0 Å². The molecule has 0 aliphatic carbocycles. The number of aromatic nitrogens is 2. The summed E-state index contributed by atoms with van der Waals surface area (Å²) in [7, 11) is 1.34. The molecule has 6 nitrogen and oxygen atoms in total. The fraction of sp³-hybridized carbons (Fsp3) is 0.615. The van der Waals surface area contributed by atoms with Gasteiger partial charge in [-0.05, 0) is 13.3 Å². The first-order valence-electron chi connectivity index (χ1n) is 6.61. The summed E-state index contributed by atoms with van der Waals surface area (Å²) < 4.78 is 6.11. The van der Waals surface area contributed by atoms with Crippen LogP contribution in [0.4, 0.5) is 0 Å². The van der Waals surface area contributed by atoms with Gasteiger partial charge in [0.1, 0.15) is 12.4 Å². The van der Waals surface area contributed by atoms with Crippen LogP contribution < -0.4 is 15.6 Å². The molecule has 0 bridgehead atoms. The van der Waals surface area contributed by atoms with Crippen molar-refractivity contribution in [3.05, 3.63) is 21.8 Å². The van der Waals surface area contributed by atoms with E-state index in [0.29, 0.717) is 6.54 Å². The van der Waals surface area contributed by atoms with Crippen molar-refractivity contribution >= 4 is 17.5 Å². The summed E-state index contributed by atoms with van der Waals surface area (Å²) in [5.74, 6) is -0.283. The molecule has 0 aliphatic heterocycles. The van der Waals surface area contributed by atoms with Crippen molar-refractivity contribution in [1.29, 1.82) is 0 Å². The number of nitrogens with zero attached hydrogens (tertiary/aromatic N) is 2. The highest BCUT2D eigenvalue weighted by atomic mass is 35.5. The Morgan fingerprint density at radius 1 is 1.55 bits per heavy atom. The zero-order chi connectivity index (χ0) is 15.1. The van der Waals surface area contributed by atoms with Gasteiger partial charge in [-0.25, -0.2) is 4.98 Å². The van der Waals surface area contributed by atoms with Crippen LogP contribution in [-0.2, 0) is 4.79 Å². The number of methoxy groups -OCH3 is 1. The SMILES string of the molecule is CCCCCNC(=O)C(C)n1cnc(Cl)c(OC)c1=O. The van der Waals surface area contributed by atoms with Crippen LogP contribution >= 0.6 is 11.6 Å². The van der Waals surface area contributed by atoms with Crippen molar-refractivity contribution in [2.45, 2.75) is 39.2 Å². The molecule has 1 amide bonds. The van der Waals surface area contributed by atoms with E-state index >= 15 is 0 Å². The smallest absolute Gasteiger partial charge is 0.298 e. The highest BCUT2D eigenvalue weighted by Crippen LogP contribution is 2.16. The molecule has 1 aromatic heterocycles. The zero-order valence-electron chi connectivity index (χ0n) is 12.0. The van der Waals surface area contributed by atoms with Crippen LogP contribution in [0.1, 0.15) is 39.2 Å². The van der Waals surface area contributed by atoms with E-state index in [1.165, 1.54) is 18.0 Å². The second-order valence-electron chi connectivity index (χ2n) is 4.46. The number of rotatable bonds is 7. The minimum atomic E-state index is -0.664. The summed E-state index contributed by atoms with van der Waals surface area (Å²) in [6, 6.07) is -0.664. The Morgan fingerprint density at radius 2 is 2.25 bits per heavy atom. The third-order valence-corrected chi connectivity index (χ3v) is 3.26. The topological polar surface area (TPSA) is 73.2 Å². The number of carbonyl (C=O) groups is 1. The molecule has 7 heteroatoms. The predicted molar refractivity (Wildman–Crippen MR) is 77.3 cm³/mol. The molecule has 0 saturated carbocycles. The zero-order valence-corrected chi connectivity index (χ0v) is 12.7. The lowest BCUT2D eigenvalue weighted by molar-refractivity contribution is -0.123. The van der Waals surface area contributed by atoms with Gasteiger partial charge in [0.2, 0.25) is 11.7 Å². The van der Waals surface area contributed by atoms with Gasteiger partial charge in [0, 0.05) is 6.54 Å². The number of carbonyl (C=O) groups excluding carboxylic acids is 1. The Labute approximate surface area is 123 Å². The normalized spacial score (nSPS) is 12.0. The first-order valence-corrected chi connectivity index (χ1v) is 6.99. The average Bonchev–Trinajstić information content (AvgIpc) is 2.43. The maximum absolute atomic E-state index is 12.1. The third-order valence-electron chi connectivity index (χ3n) is 2.99. The first kappa shape index (κ1) is 16.5. The van der Waals surface area contributed by atoms with Gasteiger partial charge in [-0.3, -0.25) is 14.2 Å². The van der Waals surface area contributed by atoms with E-state index in [-0.39, 0.29) is 16.8 Å². The molecule has 1 aromatic rings. The van der Waals surface area contributed by atoms with E-state index < -0.39 is 11.6 Å². The van der Waals surface area contributed by atoms with Gasteiger partial charge < -0.3 is 10.1 Å². The van der Waals surface area contributed by atoms with E-state index in [4.69, 9.17) is 16.3 Å². The Morgan fingerprint density at radius 3 is 2.85 bits per heavy atom. The van der Waals surface area contributed by atoms with Crippen molar-refractivity contribution < 1.29 is 9.53 Å². The quantitative estimate of drug-likeness (QED) is 0.615. The third kappa shape index (κ3) is 3.96. The predicted octanol–water partition coefficient (Wildman–Crippen LogP) is 1.77. The molecule has 0 aliphatic rings. The molecule has 0 aromatic carbocycles. The maximum atomic E-state index is 12.1. The lowest BCUT2D eigenvalue weighted by Crippen LogP contribution is -2.36. The number of hydrogen-bond donors (Lipinski definition) is 1. The van der Waals surface area contributed by atoms with E-state index in [1.54, 1.807) is 6.92 Å². The van der Waals surface area contributed by atoms with Crippen LogP contribution in [0.15, 0.2) is 11.1 Å². The number of unbranched alkanes of at least 4 members (excludes halogenated alkanes) is 2. The molecule has 1 atom stereocenters. The second kappa shape index (κ2) is 7.89. The molecule has 20 heavy (non-hydrogen) atoms. The number of nitrogens with one attached hydrogen (secondary N) is 1. The monoisotopic (exact) mass is 301 g/mol. The van der Waals surface area contributed by atoms with E-state index in [2.05, 4.69) is 17.2 Å². The van der Waals surface area contributed by atoms with Gasteiger partial charge >= 0.3 is 0 Å². The molecular formula is C13H20ClN3O3. The highest BCUT2D eigenvalue weighted by molar-refractivity contribution is 6.30. The molecule has 1 unspecified atom stereocenters. The summed E-state index contributed by atoms with van der Waals surface area (Å²) in [5, 5.41) is 2.78. The summed E-state index contributed by atoms with van der Waals surface area (Å²) >= 11 is 5.75. The Bertz CT molecular complexity index is 516. The molecule has 0 spiro atoms. The van der Waals surface area contributed by atoms with E-state index in [1.807, 2.05) is 0 Å². The Hall–Kier alpha value is -1.56. The summed E-state index contributed by atoms with van der Waals surface area (Å²) in [5.41, 5.74) is -0.469. The van der Waals surface area contributed by atoms with Crippen LogP contribution in [0.25, 0.3) is 0 Å². The number of amides is 1. The molecule has 112 valence electrons. The first-order chi connectivity index (χ1) is 9.52. The van der Waals surface area contributed by atoms with Crippen LogP contribution in [-0.4, -0.2) is 29.1 Å². The molecule has 0 radical (unpaired) electrons. The van der Waals surface area contributed by atoms with Crippen molar-refractivity contribution in [2.24, 2.45) is 0 Å². The molecule has 0 fully saturated rings. The molecule has 0 saturated heterocycles.